The fourth-order valence-corrected chi connectivity index (χ4v) is 3.18. The second-order valence-corrected chi connectivity index (χ2v) is 6.34. The minimum Gasteiger partial charge on any atom is -0.350 e. The Morgan fingerprint density at radius 1 is 1.59 bits per heavy atom. The zero-order valence-electron chi connectivity index (χ0n) is 10.7. The van der Waals surface area contributed by atoms with E-state index >= 15 is 0 Å². The van der Waals surface area contributed by atoms with Gasteiger partial charge in [0, 0.05) is 9.75 Å². The Morgan fingerprint density at radius 3 is 2.88 bits per heavy atom. The third-order valence-electron chi connectivity index (χ3n) is 3.51. The number of nitrogens with one attached hydrogen (secondary N) is 2. The van der Waals surface area contributed by atoms with Crippen LogP contribution < -0.4 is 10.6 Å². The van der Waals surface area contributed by atoms with E-state index in [1.54, 1.807) is 11.3 Å². The van der Waals surface area contributed by atoms with Crippen molar-refractivity contribution >= 4 is 17.2 Å². The Morgan fingerprint density at radius 2 is 2.35 bits per heavy atom. The third kappa shape index (κ3) is 2.69. The molecule has 1 aromatic heterocycles. The van der Waals surface area contributed by atoms with Gasteiger partial charge in [-0.05, 0) is 51.8 Å². The van der Waals surface area contributed by atoms with Crippen LogP contribution in [-0.2, 0) is 11.3 Å². The highest BCUT2D eigenvalue weighted by atomic mass is 32.1. The molecule has 0 spiro atoms. The van der Waals surface area contributed by atoms with Gasteiger partial charge in [0.1, 0.15) is 0 Å². The summed E-state index contributed by atoms with van der Waals surface area (Å²) in [4.78, 5) is 14.6. The van der Waals surface area contributed by atoms with Crippen LogP contribution in [-0.4, -0.2) is 18.0 Å². The van der Waals surface area contributed by atoms with Gasteiger partial charge in [-0.1, -0.05) is 0 Å². The molecule has 0 bridgehead atoms. The van der Waals surface area contributed by atoms with Crippen LogP contribution in [0.2, 0.25) is 0 Å². The molecule has 17 heavy (non-hydrogen) atoms. The van der Waals surface area contributed by atoms with Gasteiger partial charge in [0.25, 0.3) is 0 Å². The summed E-state index contributed by atoms with van der Waals surface area (Å²) in [5.74, 6) is 0.124. The van der Waals surface area contributed by atoms with Crippen molar-refractivity contribution in [2.45, 2.75) is 45.7 Å². The summed E-state index contributed by atoms with van der Waals surface area (Å²) in [6, 6.07) is 2.16. The van der Waals surface area contributed by atoms with Crippen LogP contribution in [0.25, 0.3) is 0 Å². The minimum atomic E-state index is -0.360. The Labute approximate surface area is 107 Å². The molecule has 2 rings (SSSR count). The van der Waals surface area contributed by atoms with E-state index in [0.29, 0.717) is 6.54 Å². The summed E-state index contributed by atoms with van der Waals surface area (Å²) in [6.45, 7) is 7.80. The van der Waals surface area contributed by atoms with E-state index in [9.17, 15) is 4.79 Å². The maximum atomic E-state index is 12.1. The van der Waals surface area contributed by atoms with E-state index in [-0.39, 0.29) is 11.4 Å². The standard InChI is InChI=1S/C13H20N2OS/c1-9-7-11(17-10(9)2)8-14-12(16)13(3)5-4-6-15-13/h7,15H,4-6,8H2,1-3H3,(H,14,16). The van der Waals surface area contributed by atoms with Crippen LogP contribution in [0.5, 0.6) is 0 Å². The second kappa shape index (κ2) is 4.78. The van der Waals surface area contributed by atoms with E-state index in [0.717, 1.165) is 19.4 Å². The zero-order valence-corrected chi connectivity index (χ0v) is 11.5. The van der Waals surface area contributed by atoms with Crippen molar-refractivity contribution in [2.24, 2.45) is 0 Å². The molecule has 1 aromatic rings. The third-order valence-corrected chi connectivity index (χ3v) is 4.66. The molecule has 0 radical (unpaired) electrons. The first-order valence-corrected chi connectivity index (χ1v) is 6.92. The summed E-state index contributed by atoms with van der Waals surface area (Å²) < 4.78 is 0. The highest BCUT2D eigenvalue weighted by Crippen LogP contribution is 2.22. The molecule has 0 aliphatic carbocycles. The first-order chi connectivity index (χ1) is 8.01. The molecule has 94 valence electrons. The lowest BCUT2D eigenvalue weighted by Crippen LogP contribution is -2.50. The van der Waals surface area contributed by atoms with Gasteiger partial charge in [0.2, 0.25) is 5.91 Å². The SMILES string of the molecule is Cc1cc(CNC(=O)C2(C)CCCN2)sc1C. The Balaban J connectivity index is 1.92. The maximum Gasteiger partial charge on any atom is 0.240 e. The molecule has 0 saturated carbocycles. The first kappa shape index (κ1) is 12.6. The van der Waals surface area contributed by atoms with Crippen molar-refractivity contribution < 1.29 is 4.79 Å². The first-order valence-electron chi connectivity index (χ1n) is 6.10. The molecule has 0 aromatic carbocycles. The summed E-state index contributed by atoms with van der Waals surface area (Å²) in [7, 11) is 0. The van der Waals surface area contributed by atoms with E-state index < -0.39 is 0 Å². The summed E-state index contributed by atoms with van der Waals surface area (Å²) >= 11 is 1.76. The van der Waals surface area contributed by atoms with Gasteiger partial charge in [-0.25, -0.2) is 0 Å². The van der Waals surface area contributed by atoms with Crippen molar-refractivity contribution in [3.63, 3.8) is 0 Å². The van der Waals surface area contributed by atoms with Gasteiger partial charge in [-0.15, -0.1) is 11.3 Å². The number of hydrogen-bond acceptors (Lipinski definition) is 3. The Bertz CT molecular complexity index is 400. The fraction of sp³-hybridized carbons (Fsp3) is 0.615. The van der Waals surface area contributed by atoms with Gasteiger partial charge in [0.15, 0.2) is 0 Å². The Hall–Kier alpha value is -0.870. The number of hydrogen-bond donors (Lipinski definition) is 2. The monoisotopic (exact) mass is 252 g/mol. The number of amides is 1. The van der Waals surface area contributed by atoms with Crippen LogP contribution in [0.1, 0.15) is 35.1 Å². The van der Waals surface area contributed by atoms with Crippen LogP contribution >= 0.6 is 11.3 Å². The van der Waals surface area contributed by atoms with E-state index in [1.807, 2.05) is 6.92 Å². The van der Waals surface area contributed by atoms with E-state index in [4.69, 9.17) is 0 Å². The average Bonchev–Trinajstić information content (AvgIpc) is 2.85. The molecule has 2 N–H and O–H groups in total. The van der Waals surface area contributed by atoms with Crippen molar-refractivity contribution in [2.75, 3.05) is 6.54 Å². The lowest BCUT2D eigenvalue weighted by molar-refractivity contribution is -0.126. The number of aryl methyl sites for hydroxylation is 2. The lowest BCUT2D eigenvalue weighted by Gasteiger charge is -2.22. The Kier molecular flexibility index (Phi) is 3.54. The van der Waals surface area contributed by atoms with Crippen molar-refractivity contribution in [3.8, 4) is 0 Å². The number of carbonyl (C=O) groups is 1. The van der Waals surface area contributed by atoms with Gasteiger partial charge >= 0.3 is 0 Å². The summed E-state index contributed by atoms with van der Waals surface area (Å²) in [5.41, 5.74) is 0.950. The fourth-order valence-electron chi connectivity index (χ4n) is 2.19. The minimum absolute atomic E-state index is 0.124. The van der Waals surface area contributed by atoms with Crippen LogP contribution in [0.4, 0.5) is 0 Å². The molecule has 2 heterocycles. The van der Waals surface area contributed by atoms with Crippen LogP contribution in [0.3, 0.4) is 0 Å². The predicted molar refractivity (Wildman–Crippen MR) is 71.3 cm³/mol. The maximum absolute atomic E-state index is 12.1. The molecular formula is C13H20N2OS. The van der Waals surface area contributed by atoms with Gasteiger partial charge in [0.05, 0.1) is 12.1 Å². The smallest absolute Gasteiger partial charge is 0.240 e. The van der Waals surface area contributed by atoms with E-state index in [2.05, 4.69) is 30.5 Å². The van der Waals surface area contributed by atoms with Gasteiger partial charge < -0.3 is 10.6 Å². The number of rotatable bonds is 3. The quantitative estimate of drug-likeness (QED) is 0.865. The normalized spacial score (nSPS) is 23.9. The van der Waals surface area contributed by atoms with Gasteiger partial charge in [-0.3, -0.25) is 4.79 Å². The molecule has 1 aliphatic rings. The molecular weight excluding hydrogens is 232 g/mol. The molecule has 1 atom stereocenters. The topological polar surface area (TPSA) is 41.1 Å². The lowest BCUT2D eigenvalue weighted by atomic mass is 9.99. The highest BCUT2D eigenvalue weighted by Gasteiger charge is 2.35. The largest absolute Gasteiger partial charge is 0.350 e. The number of thiophene rings is 1. The van der Waals surface area contributed by atoms with Gasteiger partial charge in [-0.2, -0.15) is 0 Å². The molecule has 1 fully saturated rings. The van der Waals surface area contributed by atoms with Crippen LogP contribution in [0, 0.1) is 13.8 Å². The van der Waals surface area contributed by atoms with Crippen LogP contribution in [0.15, 0.2) is 6.07 Å². The molecule has 3 nitrogen and oxygen atoms in total. The molecule has 1 aliphatic heterocycles. The molecule has 4 heteroatoms. The zero-order chi connectivity index (χ0) is 12.5. The predicted octanol–water partition coefficient (Wildman–Crippen LogP) is 2.12. The molecule has 1 unspecified atom stereocenters. The highest BCUT2D eigenvalue weighted by molar-refractivity contribution is 7.12. The summed E-state index contributed by atoms with van der Waals surface area (Å²) in [5, 5.41) is 6.31. The second-order valence-electron chi connectivity index (χ2n) is 5.00. The average molecular weight is 252 g/mol. The van der Waals surface area contributed by atoms with Crippen molar-refractivity contribution in [3.05, 3.63) is 21.4 Å². The molecule has 1 amide bonds. The molecule has 1 saturated heterocycles. The summed E-state index contributed by atoms with van der Waals surface area (Å²) in [6.07, 6.45) is 2.02. The van der Waals surface area contributed by atoms with E-state index in [1.165, 1.54) is 15.3 Å². The van der Waals surface area contributed by atoms with Crippen molar-refractivity contribution in [1.29, 1.82) is 0 Å². The van der Waals surface area contributed by atoms with Crippen molar-refractivity contribution in [1.82, 2.24) is 10.6 Å². The number of carbonyl (C=O) groups excluding carboxylic acids is 1.